The molecule has 0 saturated carbocycles. The molecule has 53 heavy (non-hydrogen) atoms. The first kappa shape index (κ1) is 42.8. The summed E-state index contributed by atoms with van der Waals surface area (Å²) in [5.41, 5.74) is -34.4. The smallest absolute Gasteiger partial charge is 0.275 e. The Morgan fingerprint density at radius 3 is 0.453 bits per heavy atom. The highest BCUT2D eigenvalue weighted by molar-refractivity contribution is 6.93. The van der Waals surface area contributed by atoms with Crippen LogP contribution in [0.1, 0.15) is 0 Å². The van der Waals surface area contributed by atoms with E-state index in [4.69, 9.17) is 0 Å². The van der Waals surface area contributed by atoms with Crippen LogP contribution in [0.2, 0.25) is 0 Å². The highest BCUT2D eigenvalue weighted by atomic mass is 19.4. The van der Waals surface area contributed by atoms with Gasteiger partial charge in [0, 0.05) is 0 Å². The van der Waals surface area contributed by atoms with Gasteiger partial charge in [-0.1, -0.05) is 24.3 Å². The van der Waals surface area contributed by atoms with Crippen molar-refractivity contribution in [3.63, 3.8) is 0 Å². The predicted octanol–water partition coefficient (Wildman–Crippen LogP) is 10.3. The Balaban J connectivity index is 2.62. The largest absolute Gasteiger partial charge is 0.375 e. The molecule has 0 N–H and O–H groups in total. The molecule has 0 heterocycles. The maximum absolute atomic E-state index is 17.2. The summed E-state index contributed by atoms with van der Waals surface area (Å²) in [7, 11) is 0. The average Bonchev–Trinajstić information content (AvgIpc) is 2.97. The SMILES string of the molecule is FC1(F)C=CC(F)([B-](C2(F)C=CC(F)(F)C(F)(F)C2(F)F)(C2(F)C=CC(F)(F)C(F)(F)C2(F)F)C2(F)C=CC(F)(F)C(F)(F)C2(F)F)C(F)(F)C1(F)F. The monoisotopic (exact) mass is 839 g/mol. The minimum Gasteiger partial charge on any atom is -0.275 e. The van der Waals surface area contributed by atoms with Crippen LogP contribution in [0.25, 0.3) is 0 Å². The zero-order valence-corrected chi connectivity index (χ0v) is 23.8. The van der Waals surface area contributed by atoms with Gasteiger partial charge >= 0.3 is 71.1 Å². The normalized spacial score (nSPS) is 42.0. The van der Waals surface area contributed by atoms with Crippen molar-refractivity contribution in [2.75, 3.05) is 0 Å². The van der Waals surface area contributed by atoms with Crippen molar-refractivity contribution in [1.82, 2.24) is 0 Å². The van der Waals surface area contributed by atoms with Gasteiger partial charge < -0.3 is 0 Å². The van der Waals surface area contributed by atoms with Crippen LogP contribution < -0.4 is 0 Å². The van der Waals surface area contributed by atoms with E-state index < -0.39 is 148 Å². The maximum Gasteiger partial charge on any atom is 0.375 e. The van der Waals surface area contributed by atoms with Gasteiger partial charge in [0.05, 0.1) is 22.3 Å². The first-order valence-electron chi connectivity index (χ1n) is 13.1. The van der Waals surface area contributed by atoms with Crippen LogP contribution in [-0.2, 0) is 0 Å². The molecule has 0 fully saturated rings. The molecule has 0 spiro atoms. The molecular weight excluding hydrogens is 831 g/mol. The van der Waals surface area contributed by atoms with Crippen LogP contribution in [0.4, 0.5) is 123 Å². The lowest BCUT2D eigenvalue weighted by atomic mass is 8.97. The van der Waals surface area contributed by atoms with Crippen LogP contribution in [0.5, 0.6) is 0 Å². The molecule has 0 nitrogen and oxygen atoms in total. The lowest BCUT2D eigenvalue weighted by Crippen LogP contribution is -3.00. The summed E-state index contributed by atoms with van der Waals surface area (Å²) in [6, 6.07) is 0. The van der Waals surface area contributed by atoms with Crippen LogP contribution in [0, 0.1) is 0 Å². The van der Waals surface area contributed by atoms with Gasteiger partial charge in [-0.25, -0.2) is 0 Å². The third-order valence-corrected chi connectivity index (χ3v) is 9.84. The van der Waals surface area contributed by atoms with Crippen molar-refractivity contribution in [2.24, 2.45) is 0 Å². The highest BCUT2D eigenvalue weighted by Gasteiger charge is 3.02. The quantitative estimate of drug-likeness (QED) is 0.150. The number of hydrogen-bond acceptors (Lipinski definition) is 0. The minimum atomic E-state index is -10.6. The fourth-order valence-corrected chi connectivity index (χ4v) is 7.04. The van der Waals surface area contributed by atoms with Crippen LogP contribution in [0.15, 0.2) is 48.6 Å². The second-order valence-corrected chi connectivity index (χ2v) is 12.4. The van der Waals surface area contributed by atoms with Crippen molar-refractivity contribution >= 4 is 6.15 Å². The standard InChI is InChI=1S/C24H8BF28/c26-9(1-5-13(30,31)21(46,47)17(9,38)39)25(10(27)2-6-14(32,33)22(48,49)18(10,40)41,11(28)3-7-15(34,35)23(50,51)19(11,42)43)12(29)4-8-16(36,37)24(52,53)20(12,44)45/h1-8H/q-1. The van der Waals surface area contributed by atoms with Crippen LogP contribution in [0.3, 0.4) is 0 Å². The number of alkyl halides is 28. The third-order valence-electron chi connectivity index (χ3n) is 9.84. The van der Waals surface area contributed by atoms with Gasteiger partial charge in [-0.3, -0.25) is 17.6 Å². The van der Waals surface area contributed by atoms with E-state index in [0.717, 1.165) is 0 Å². The molecule has 0 aromatic rings. The number of allylic oxidation sites excluding steroid dienone is 8. The third kappa shape index (κ3) is 3.80. The van der Waals surface area contributed by atoms with E-state index in [1.807, 2.05) is 0 Å². The zero-order chi connectivity index (χ0) is 42.2. The topological polar surface area (TPSA) is 0 Å². The minimum absolute atomic E-state index is 2.48. The molecule has 0 aromatic carbocycles. The molecule has 4 rings (SSSR count). The molecule has 0 aliphatic heterocycles. The fourth-order valence-electron chi connectivity index (χ4n) is 7.04. The van der Waals surface area contributed by atoms with E-state index in [2.05, 4.69) is 0 Å². The van der Waals surface area contributed by atoms with Gasteiger partial charge in [-0.15, -0.1) is 0 Å². The first-order valence-corrected chi connectivity index (χ1v) is 13.1. The van der Waals surface area contributed by atoms with Crippen LogP contribution >= 0.6 is 0 Å². The molecule has 304 valence electrons. The zero-order valence-electron chi connectivity index (χ0n) is 23.8. The Labute approximate surface area is 272 Å². The molecule has 0 bridgehead atoms. The molecule has 0 aromatic heterocycles. The van der Waals surface area contributed by atoms with Gasteiger partial charge in [-0.2, -0.15) is 105 Å². The summed E-state index contributed by atoms with van der Waals surface area (Å²) < 4.78 is 424. The second kappa shape index (κ2) is 9.89. The van der Waals surface area contributed by atoms with E-state index in [0.29, 0.717) is 0 Å². The summed E-state index contributed by atoms with van der Waals surface area (Å²) in [6.45, 7) is 0. The lowest BCUT2D eigenvalue weighted by Gasteiger charge is -2.73. The Kier molecular flexibility index (Phi) is 7.99. The summed E-state index contributed by atoms with van der Waals surface area (Å²) in [5.74, 6) is -96.8. The first-order chi connectivity index (χ1) is 22.8. The Morgan fingerprint density at radius 1 is 0.189 bits per heavy atom. The molecule has 29 heteroatoms. The summed E-state index contributed by atoms with van der Waals surface area (Å²) in [4.78, 5) is 0. The van der Waals surface area contributed by atoms with Gasteiger partial charge in [0.1, 0.15) is 0 Å². The van der Waals surface area contributed by atoms with Crippen molar-refractivity contribution < 1.29 is 123 Å². The van der Waals surface area contributed by atoms with Crippen LogP contribution in [-0.4, -0.2) is 99.5 Å². The van der Waals surface area contributed by atoms with E-state index in [-0.39, 0.29) is 0 Å². The number of hydrogen-bond donors (Lipinski definition) is 0. The molecule has 4 atom stereocenters. The van der Waals surface area contributed by atoms with E-state index >= 15 is 52.7 Å². The van der Waals surface area contributed by atoms with Crippen molar-refractivity contribution in [3.05, 3.63) is 48.6 Å². The Morgan fingerprint density at radius 2 is 0.321 bits per heavy atom. The second-order valence-electron chi connectivity index (χ2n) is 12.4. The molecule has 0 radical (unpaired) electrons. The van der Waals surface area contributed by atoms with E-state index in [1.165, 1.54) is 0 Å². The van der Waals surface area contributed by atoms with Crippen molar-refractivity contribution in [2.45, 2.75) is 93.3 Å². The maximum atomic E-state index is 17.2. The van der Waals surface area contributed by atoms with Gasteiger partial charge in [-0.05, 0) is 24.3 Å². The lowest BCUT2D eigenvalue weighted by molar-refractivity contribution is -0.349. The molecule has 0 saturated heterocycles. The van der Waals surface area contributed by atoms with Crippen molar-refractivity contribution in [1.29, 1.82) is 0 Å². The molecule has 4 aliphatic carbocycles. The summed E-state index contributed by atoms with van der Waals surface area (Å²) in [5, 5.41) is 0. The van der Waals surface area contributed by atoms with Gasteiger partial charge in [0.15, 0.2) is 0 Å². The Hall–Kier alpha value is -2.94. The average molecular weight is 839 g/mol. The predicted molar refractivity (Wildman–Crippen MR) is 117 cm³/mol. The van der Waals surface area contributed by atoms with E-state index in [1.54, 1.807) is 0 Å². The van der Waals surface area contributed by atoms with Crippen molar-refractivity contribution in [3.8, 4) is 0 Å². The van der Waals surface area contributed by atoms with Gasteiger partial charge in [0.2, 0.25) is 6.15 Å². The molecular formula is C24H8BF28-. The number of rotatable bonds is 4. The molecule has 0 amide bonds. The summed E-state index contributed by atoms with van der Waals surface area (Å²) >= 11 is 0. The fraction of sp³-hybridized carbons (Fsp3) is 0.667. The number of halogens is 28. The highest BCUT2D eigenvalue weighted by Crippen LogP contribution is 2.77. The Bertz CT molecular complexity index is 1440. The molecule has 4 aliphatic rings. The van der Waals surface area contributed by atoms with Gasteiger partial charge in [0.25, 0.3) is 0 Å². The molecule has 4 unspecified atom stereocenters. The van der Waals surface area contributed by atoms with E-state index in [9.17, 15) is 70.2 Å². The summed E-state index contributed by atoms with van der Waals surface area (Å²) in [6.07, 6.45) is -31.7.